The topological polar surface area (TPSA) is 26.3 Å². The summed E-state index contributed by atoms with van der Waals surface area (Å²) in [4.78, 5) is 11.9. The van der Waals surface area contributed by atoms with Crippen LogP contribution in [0.3, 0.4) is 0 Å². The van der Waals surface area contributed by atoms with Crippen LogP contribution in [0.15, 0.2) is 29.8 Å². The molecule has 96 valence electrons. The summed E-state index contributed by atoms with van der Waals surface area (Å²) >= 11 is 0. The minimum atomic E-state index is -0.138. The number of hydrogen-bond donors (Lipinski definition) is 0. The number of hydrogen-bond acceptors (Lipinski definition) is 2. The number of ether oxygens (including phenoxy) is 1. The van der Waals surface area contributed by atoms with Gasteiger partial charge in [0.1, 0.15) is 0 Å². The molecule has 0 bridgehead atoms. The highest BCUT2D eigenvalue weighted by Crippen LogP contribution is 2.24. The molecule has 0 heterocycles. The Kier molecular flexibility index (Phi) is 4.57. The molecular weight excluding hydrogens is 224 g/mol. The monoisotopic (exact) mass is 244 g/mol. The van der Waals surface area contributed by atoms with Gasteiger partial charge in [-0.05, 0) is 36.5 Å². The molecule has 2 rings (SSSR count). The van der Waals surface area contributed by atoms with Crippen LogP contribution in [0.5, 0.6) is 0 Å². The Hall–Kier alpha value is -1.57. The highest BCUT2D eigenvalue weighted by Gasteiger charge is 2.16. The molecule has 18 heavy (non-hydrogen) atoms. The van der Waals surface area contributed by atoms with E-state index in [2.05, 4.69) is 19.1 Å². The number of carbonyl (C=O) groups is 1. The zero-order valence-electron chi connectivity index (χ0n) is 10.9. The third-order valence-electron chi connectivity index (χ3n) is 3.29. The molecule has 1 aromatic carbocycles. The lowest BCUT2D eigenvalue weighted by Gasteiger charge is -2.15. The lowest BCUT2D eigenvalue weighted by molar-refractivity contribution is -0.139. The van der Waals surface area contributed by atoms with E-state index in [4.69, 9.17) is 4.74 Å². The fourth-order valence-electron chi connectivity index (χ4n) is 2.20. The van der Waals surface area contributed by atoms with E-state index in [1.54, 1.807) is 0 Å². The van der Waals surface area contributed by atoms with Crippen molar-refractivity contribution < 1.29 is 9.53 Å². The predicted octanol–water partition coefficient (Wildman–Crippen LogP) is 3.75. The predicted molar refractivity (Wildman–Crippen MR) is 73.2 cm³/mol. The molecule has 0 atom stereocenters. The molecule has 2 heteroatoms. The maximum absolute atomic E-state index is 11.9. The quantitative estimate of drug-likeness (QED) is 0.582. The summed E-state index contributed by atoms with van der Waals surface area (Å²) < 4.78 is 5.29. The molecule has 0 amide bonds. The van der Waals surface area contributed by atoms with Gasteiger partial charge in [0, 0.05) is 5.57 Å². The van der Waals surface area contributed by atoms with Crippen molar-refractivity contribution in [3.63, 3.8) is 0 Å². The third kappa shape index (κ3) is 3.22. The Balaban J connectivity index is 1.94. The Bertz CT molecular complexity index is 446. The second-order valence-electron chi connectivity index (χ2n) is 4.71. The Morgan fingerprint density at radius 3 is 2.89 bits per heavy atom. The number of unbranched alkanes of at least 4 members (excludes halogenated alkanes) is 2. The zero-order valence-corrected chi connectivity index (χ0v) is 10.9. The minimum Gasteiger partial charge on any atom is -0.462 e. The lowest BCUT2D eigenvalue weighted by Crippen LogP contribution is -2.12. The highest BCUT2D eigenvalue weighted by molar-refractivity contribution is 5.94. The van der Waals surface area contributed by atoms with E-state index in [0.29, 0.717) is 6.61 Å². The number of benzene rings is 1. The molecule has 0 saturated carbocycles. The van der Waals surface area contributed by atoms with Crippen molar-refractivity contribution in [2.45, 2.75) is 39.0 Å². The van der Waals surface area contributed by atoms with E-state index in [0.717, 1.165) is 43.2 Å². The van der Waals surface area contributed by atoms with Gasteiger partial charge in [0.05, 0.1) is 6.61 Å². The summed E-state index contributed by atoms with van der Waals surface area (Å²) in [7, 11) is 0. The first kappa shape index (κ1) is 12.9. The van der Waals surface area contributed by atoms with Crippen LogP contribution in [-0.4, -0.2) is 12.6 Å². The van der Waals surface area contributed by atoms with Gasteiger partial charge in [0.2, 0.25) is 0 Å². The van der Waals surface area contributed by atoms with E-state index >= 15 is 0 Å². The molecule has 2 nitrogen and oxygen atoms in total. The lowest BCUT2D eigenvalue weighted by atomic mass is 9.92. The van der Waals surface area contributed by atoms with Crippen molar-refractivity contribution in [2.24, 2.45) is 0 Å². The molecule has 1 aliphatic carbocycles. The smallest absolute Gasteiger partial charge is 0.334 e. The molecule has 1 aliphatic rings. The maximum Gasteiger partial charge on any atom is 0.334 e. The van der Waals surface area contributed by atoms with Gasteiger partial charge in [0.15, 0.2) is 0 Å². The fourth-order valence-corrected chi connectivity index (χ4v) is 2.20. The van der Waals surface area contributed by atoms with Gasteiger partial charge >= 0.3 is 5.97 Å². The standard InChI is InChI=1S/C16H20O2/c1-2-3-6-11-18-16(17)15-10-9-13-7-4-5-8-14(13)12-15/h4-5,7-8,12H,2-3,6,9-11H2,1H3. The second-order valence-corrected chi connectivity index (χ2v) is 4.71. The van der Waals surface area contributed by atoms with Gasteiger partial charge in [-0.1, -0.05) is 44.0 Å². The number of fused-ring (bicyclic) bond motifs is 1. The maximum atomic E-state index is 11.9. The van der Waals surface area contributed by atoms with E-state index in [9.17, 15) is 4.79 Å². The van der Waals surface area contributed by atoms with Crippen LogP contribution >= 0.6 is 0 Å². The van der Waals surface area contributed by atoms with E-state index < -0.39 is 0 Å². The minimum absolute atomic E-state index is 0.138. The summed E-state index contributed by atoms with van der Waals surface area (Å²) in [6.45, 7) is 2.69. The van der Waals surface area contributed by atoms with Gasteiger partial charge in [-0.2, -0.15) is 0 Å². The van der Waals surface area contributed by atoms with E-state index in [-0.39, 0.29) is 5.97 Å². The number of rotatable bonds is 5. The molecule has 0 spiro atoms. The molecule has 0 saturated heterocycles. The molecule has 0 aliphatic heterocycles. The van der Waals surface area contributed by atoms with Crippen LogP contribution in [0.4, 0.5) is 0 Å². The van der Waals surface area contributed by atoms with Crippen LogP contribution in [0.2, 0.25) is 0 Å². The number of carbonyl (C=O) groups excluding carboxylic acids is 1. The Morgan fingerprint density at radius 2 is 2.06 bits per heavy atom. The van der Waals surface area contributed by atoms with Crippen LogP contribution in [0, 0.1) is 0 Å². The van der Waals surface area contributed by atoms with Crippen LogP contribution in [0.1, 0.15) is 43.7 Å². The summed E-state index contributed by atoms with van der Waals surface area (Å²) in [6, 6.07) is 8.22. The van der Waals surface area contributed by atoms with E-state index in [1.165, 1.54) is 5.56 Å². The normalized spacial score (nSPS) is 13.7. The van der Waals surface area contributed by atoms with Gasteiger partial charge in [0.25, 0.3) is 0 Å². The highest BCUT2D eigenvalue weighted by atomic mass is 16.5. The first-order chi connectivity index (χ1) is 8.81. The van der Waals surface area contributed by atoms with E-state index in [1.807, 2.05) is 18.2 Å². The molecule has 0 fully saturated rings. The van der Waals surface area contributed by atoms with Gasteiger partial charge in [-0.25, -0.2) is 4.79 Å². The average molecular weight is 244 g/mol. The third-order valence-corrected chi connectivity index (χ3v) is 3.29. The largest absolute Gasteiger partial charge is 0.462 e. The Labute approximate surface area is 109 Å². The summed E-state index contributed by atoms with van der Waals surface area (Å²) in [5, 5.41) is 0. The van der Waals surface area contributed by atoms with Crippen LogP contribution in [0.25, 0.3) is 6.08 Å². The molecule has 1 aromatic rings. The van der Waals surface area contributed by atoms with Crippen molar-refractivity contribution in [2.75, 3.05) is 6.61 Å². The van der Waals surface area contributed by atoms with Crippen molar-refractivity contribution in [1.82, 2.24) is 0 Å². The number of aryl methyl sites for hydroxylation is 1. The first-order valence-corrected chi connectivity index (χ1v) is 6.77. The zero-order chi connectivity index (χ0) is 12.8. The first-order valence-electron chi connectivity index (χ1n) is 6.77. The SMILES string of the molecule is CCCCCOC(=O)C1=Cc2ccccc2CC1. The molecule has 0 N–H and O–H groups in total. The average Bonchev–Trinajstić information content (AvgIpc) is 2.43. The number of esters is 1. The summed E-state index contributed by atoms with van der Waals surface area (Å²) in [5.41, 5.74) is 3.29. The van der Waals surface area contributed by atoms with Crippen LogP contribution in [-0.2, 0) is 16.0 Å². The van der Waals surface area contributed by atoms with Crippen molar-refractivity contribution in [3.8, 4) is 0 Å². The molecule has 0 unspecified atom stereocenters. The van der Waals surface area contributed by atoms with Gasteiger partial charge < -0.3 is 4.74 Å². The second kappa shape index (κ2) is 6.39. The summed E-state index contributed by atoms with van der Waals surface area (Å²) in [6.07, 6.45) is 6.94. The molecular formula is C16H20O2. The van der Waals surface area contributed by atoms with Crippen LogP contribution < -0.4 is 0 Å². The van der Waals surface area contributed by atoms with Crippen molar-refractivity contribution in [3.05, 3.63) is 41.0 Å². The van der Waals surface area contributed by atoms with Crippen molar-refractivity contribution >= 4 is 12.0 Å². The van der Waals surface area contributed by atoms with Gasteiger partial charge in [-0.3, -0.25) is 0 Å². The summed E-state index contributed by atoms with van der Waals surface area (Å²) in [5.74, 6) is -0.138. The van der Waals surface area contributed by atoms with Gasteiger partial charge in [-0.15, -0.1) is 0 Å². The van der Waals surface area contributed by atoms with Crippen molar-refractivity contribution in [1.29, 1.82) is 0 Å². The Morgan fingerprint density at radius 1 is 1.22 bits per heavy atom. The fraction of sp³-hybridized carbons (Fsp3) is 0.438. The molecule has 0 aromatic heterocycles. The molecule has 0 radical (unpaired) electrons.